The standard InChI is InChI=1S/C25H27N5O4/c31-22-11-16(13-26-22)7-9-34-25-24-21(27-15-30(24)19-5-6-19)12-20(28-25)17-1-3-18(4-2-17)29-8-10-33-14-23(29)32/h1-4,12,15-16,19H,5-11,13-14H2,(H,26,31)/t16-/m1/s1. The molecule has 0 radical (unpaired) electrons. The highest BCUT2D eigenvalue weighted by Gasteiger charge is 2.28. The maximum Gasteiger partial charge on any atom is 0.253 e. The first-order valence-corrected chi connectivity index (χ1v) is 11.9. The van der Waals surface area contributed by atoms with Crippen LogP contribution in [0, 0.1) is 5.92 Å². The first-order valence-electron chi connectivity index (χ1n) is 11.9. The minimum absolute atomic E-state index is 0.0287. The van der Waals surface area contributed by atoms with Crippen LogP contribution in [0.25, 0.3) is 22.3 Å². The van der Waals surface area contributed by atoms with Crippen molar-refractivity contribution in [3.05, 3.63) is 36.7 Å². The minimum Gasteiger partial charge on any atom is -0.476 e. The number of carbonyl (C=O) groups is 2. The highest BCUT2D eigenvalue weighted by atomic mass is 16.5. The van der Waals surface area contributed by atoms with Gasteiger partial charge < -0.3 is 24.3 Å². The van der Waals surface area contributed by atoms with Crippen LogP contribution in [0.15, 0.2) is 36.7 Å². The molecule has 9 nitrogen and oxygen atoms in total. The zero-order valence-electron chi connectivity index (χ0n) is 18.9. The van der Waals surface area contributed by atoms with E-state index in [-0.39, 0.29) is 18.4 Å². The number of morpholine rings is 1. The van der Waals surface area contributed by atoms with Gasteiger partial charge in [-0.1, -0.05) is 12.1 Å². The van der Waals surface area contributed by atoms with Gasteiger partial charge in [0.2, 0.25) is 11.8 Å². The molecule has 9 heteroatoms. The van der Waals surface area contributed by atoms with Crippen LogP contribution in [0.5, 0.6) is 5.88 Å². The number of benzene rings is 1. The molecule has 1 atom stereocenters. The Morgan fingerprint density at radius 3 is 2.76 bits per heavy atom. The van der Waals surface area contributed by atoms with E-state index in [1.807, 2.05) is 36.7 Å². The summed E-state index contributed by atoms with van der Waals surface area (Å²) in [4.78, 5) is 34.9. The number of aromatic nitrogens is 3. The van der Waals surface area contributed by atoms with Crippen LogP contribution < -0.4 is 15.0 Å². The number of fused-ring (bicyclic) bond motifs is 1. The summed E-state index contributed by atoms with van der Waals surface area (Å²) in [5, 5.41) is 2.88. The Morgan fingerprint density at radius 2 is 2.03 bits per heavy atom. The second-order valence-corrected chi connectivity index (χ2v) is 9.22. The summed E-state index contributed by atoms with van der Waals surface area (Å²) in [6, 6.07) is 10.3. The van der Waals surface area contributed by atoms with Crippen LogP contribution >= 0.6 is 0 Å². The third-order valence-corrected chi connectivity index (χ3v) is 6.75. The van der Waals surface area contributed by atoms with Crippen LogP contribution in [0.3, 0.4) is 0 Å². The van der Waals surface area contributed by atoms with Gasteiger partial charge in [-0.3, -0.25) is 9.59 Å². The van der Waals surface area contributed by atoms with Gasteiger partial charge in [0.15, 0.2) is 0 Å². The van der Waals surface area contributed by atoms with Crippen molar-refractivity contribution >= 4 is 28.5 Å². The van der Waals surface area contributed by atoms with Crippen LogP contribution in [-0.2, 0) is 14.3 Å². The number of carbonyl (C=O) groups excluding carboxylic acids is 2. The summed E-state index contributed by atoms with van der Waals surface area (Å²) >= 11 is 0. The molecule has 0 unspecified atom stereocenters. The van der Waals surface area contributed by atoms with Gasteiger partial charge in [-0.25, -0.2) is 9.97 Å². The van der Waals surface area contributed by atoms with Gasteiger partial charge in [0.1, 0.15) is 12.1 Å². The van der Waals surface area contributed by atoms with E-state index in [0.29, 0.717) is 50.6 Å². The normalized spacial score (nSPS) is 20.7. The molecule has 176 valence electrons. The lowest BCUT2D eigenvalue weighted by atomic mass is 10.1. The number of pyridine rings is 1. The van der Waals surface area contributed by atoms with Gasteiger partial charge in [0, 0.05) is 36.8 Å². The van der Waals surface area contributed by atoms with E-state index in [4.69, 9.17) is 14.5 Å². The largest absolute Gasteiger partial charge is 0.476 e. The molecule has 6 rings (SSSR count). The summed E-state index contributed by atoms with van der Waals surface area (Å²) in [6.45, 7) is 2.43. The molecule has 1 saturated carbocycles. The predicted molar refractivity (Wildman–Crippen MR) is 126 cm³/mol. The molecule has 3 aliphatic rings. The fraction of sp³-hybridized carbons (Fsp3) is 0.440. The van der Waals surface area contributed by atoms with Crippen molar-refractivity contribution < 1.29 is 19.1 Å². The van der Waals surface area contributed by atoms with Crippen LogP contribution in [-0.4, -0.2) is 59.3 Å². The van der Waals surface area contributed by atoms with Crippen molar-refractivity contribution in [1.29, 1.82) is 0 Å². The number of nitrogens with one attached hydrogen (secondary N) is 1. The fourth-order valence-electron chi connectivity index (χ4n) is 4.70. The summed E-state index contributed by atoms with van der Waals surface area (Å²) in [5.41, 5.74) is 4.36. The second-order valence-electron chi connectivity index (χ2n) is 9.22. The minimum atomic E-state index is -0.0287. The van der Waals surface area contributed by atoms with E-state index in [1.165, 1.54) is 0 Å². The zero-order valence-corrected chi connectivity index (χ0v) is 18.9. The Labute approximate surface area is 197 Å². The van der Waals surface area contributed by atoms with E-state index in [1.54, 1.807) is 4.90 Å². The Kier molecular flexibility index (Phi) is 5.41. The summed E-state index contributed by atoms with van der Waals surface area (Å²) in [7, 11) is 0. The lowest BCUT2D eigenvalue weighted by molar-refractivity contribution is -0.125. The zero-order chi connectivity index (χ0) is 23.1. The molecule has 4 heterocycles. The lowest BCUT2D eigenvalue weighted by Gasteiger charge is -2.26. The summed E-state index contributed by atoms with van der Waals surface area (Å²) < 4.78 is 13.6. The molecule has 2 saturated heterocycles. The van der Waals surface area contributed by atoms with Crippen molar-refractivity contribution in [2.75, 3.05) is 37.8 Å². The number of ether oxygens (including phenoxy) is 2. The fourth-order valence-corrected chi connectivity index (χ4v) is 4.70. The molecule has 3 fully saturated rings. The van der Waals surface area contributed by atoms with E-state index in [9.17, 15) is 9.59 Å². The van der Waals surface area contributed by atoms with Gasteiger partial charge in [0.25, 0.3) is 5.91 Å². The monoisotopic (exact) mass is 461 g/mol. The predicted octanol–water partition coefficient (Wildman–Crippen LogP) is 2.70. The Morgan fingerprint density at radius 1 is 1.18 bits per heavy atom. The average molecular weight is 462 g/mol. The maximum atomic E-state index is 12.2. The Bertz CT molecular complexity index is 1230. The Hall–Kier alpha value is -3.46. The van der Waals surface area contributed by atoms with E-state index in [2.05, 4.69) is 14.9 Å². The second kappa shape index (κ2) is 8.72. The highest BCUT2D eigenvalue weighted by molar-refractivity contribution is 5.95. The molecule has 3 aromatic rings. The number of imidazole rings is 1. The first-order chi connectivity index (χ1) is 16.7. The van der Waals surface area contributed by atoms with E-state index < -0.39 is 0 Å². The molecule has 1 aromatic carbocycles. The van der Waals surface area contributed by atoms with Crippen molar-refractivity contribution in [2.45, 2.75) is 31.7 Å². The quantitative estimate of drug-likeness (QED) is 0.581. The molecule has 1 aliphatic carbocycles. The van der Waals surface area contributed by atoms with Gasteiger partial charge in [-0.15, -0.1) is 0 Å². The number of hydrogen-bond acceptors (Lipinski definition) is 6. The third-order valence-electron chi connectivity index (χ3n) is 6.75. The van der Waals surface area contributed by atoms with Gasteiger partial charge >= 0.3 is 0 Å². The molecular weight excluding hydrogens is 434 g/mol. The van der Waals surface area contributed by atoms with Crippen LogP contribution in [0.4, 0.5) is 5.69 Å². The SMILES string of the molecule is O=C1C[C@@H](CCOc2nc(-c3ccc(N4CCOCC4=O)cc3)cc3ncn(C4CC4)c23)CN1. The van der Waals surface area contributed by atoms with Crippen molar-refractivity contribution in [3.63, 3.8) is 0 Å². The molecule has 0 bridgehead atoms. The molecular formula is C25H27N5O4. The van der Waals surface area contributed by atoms with Gasteiger partial charge in [-0.05, 0) is 43.4 Å². The Balaban J connectivity index is 1.27. The van der Waals surface area contributed by atoms with Crippen molar-refractivity contribution in [1.82, 2.24) is 19.9 Å². The van der Waals surface area contributed by atoms with Crippen molar-refractivity contribution in [2.24, 2.45) is 5.92 Å². The number of rotatable bonds is 7. The smallest absolute Gasteiger partial charge is 0.253 e. The number of nitrogens with zero attached hydrogens (tertiary/aromatic N) is 4. The van der Waals surface area contributed by atoms with E-state index in [0.717, 1.165) is 47.2 Å². The summed E-state index contributed by atoms with van der Waals surface area (Å²) in [6.07, 6.45) is 5.53. The number of amides is 2. The molecule has 34 heavy (non-hydrogen) atoms. The molecule has 2 aromatic heterocycles. The molecule has 2 aliphatic heterocycles. The topological polar surface area (TPSA) is 98.6 Å². The number of anilines is 1. The highest BCUT2D eigenvalue weighted by Crippen LogP contribution is 2.40. The maximum absolute atomic E-state index is 12.2. The number of hydrogen-bond donors (Lipinski definition) is 1. The van der Waals surface area contributed by atoms with Crippen LogP contribution in [0.2, 0.25) is 0 Å². The van der Waals surface area contributed by atoms with Crippen molar-refractivity contribution in [3.8, 4) is 17.1 Å². The lowest BCUT2D eigenvalue weighted by Crippen LogP contribution is -2.41. The summed E-state index contributed by atoms with van der Waals surface area (Å²) in [5.74, 6) is 0.970. The van der Waals surface area contributed by atoms with Gasteiger partial charge in [-0.2, -0.15) is 0 Å². The molecule has 1 N–H and O–H groups in total. The average Bonchev–Trinajstić information content (AvgIpc) is 3.47. The van der Waals surface area contributed by atoms with Gasteiger partial charge in [0.05, 0.1) is 30.8 Å². The molecule has 2 amide bonds. The van der Waals surface area contributed by atoms with Crippen LogP contribution in [0.1, 0.15) is 31.7 Å². The first kappa shape index (κ1) is 21.1. The van der Waals surface area contributed by atoms with E-state index >= 15 is 0 Å². The molecule has 0 spiro atoms. The third kappa shape index (κ3) is 4.11.